The summed E-state index contributed by atoms with van der Waals surface area (Å²) >= 11 is 6.05. The average Bonchev–Trinajstić information content (AvgIpc) is 3.16. The van der Waals surface area contributed by atoms with Gasteiger partial charge in [0, 0.05) is 35.3 Å². The van der Waals surface area contributed by atoms with Gasteiger partial charge in [-0.05, 0) is 42.5 Å². The number of sulfone groups is 1. The Morgan fingerprint density at radius 1 is 1.14 bits per heavy atom. The molecule has 8 nitrogen and oxygen atoms in total. The molecule has 3 rings (SSSR count). The first-order valence-electron chi connectivity index (χ1n) is 7.89. The molecule has 2 aromatic carbocycles. The van der Waals surface area contributed by atoms with E-state index >= 15 is 0 Å². The number of nitro benzene ring substituents is 1. The summed E-state index contributed by atoms with van der Waals surface area (Å²) in [6.45, 7) is 0. The Kier molecular flexibility index (Phi) is 5.21. The highest BCUT2D eigenvalue weighted by molar-refractivity contribution is 7.90. The van der Waals surface area contributed by atoms with Crippen molar-refractivity contribution in [2.24, 2.45) is 0 Å². The van der Waals surface area contributed by atoms with Crippen LogP contribution in [0.4, 0.5) is 11.4 Å². The summed E-state index contributed by atoms with van der Waals surface area (Å²) in [6.07, 6.45) is 4.41. The van der Waals surface area contributed by atoms with E-state index in [1.54, 1.807) is 47.3 Å². The van der Waals surface area contributed by atoms with Crippen molar-refractivity contribution in [3.63, 3.8) is 0 Å². The number of nitro groups is 1. The van der Waals surface area contributed by atoms with Gasteiger partial charge >= 0.3 is 0 Å². The van der Waals surface area contributed by atoms with Crippen LogP contribution in [-0.4, -0.2) is 30.1 Å². The second kappa shape index (κ2) is 7.45. The molecule has 0 radical (unpaired) electrons. The molecule has 0 saturated heterocycles. The zero-order valence-corrected chi connectivity index (χ0v) is 16.1. The largest absolute Gasteiger partial charge is 0.322 e. The van der Waals surface area contributed by atoms with Gasteiger partial charge in [-0.2, -0.15) is 0 Å². The second-order valence-electron chi connectivity index (χ2n) is 5.92. The van der Waals surface area contributed by atoms with Crippen LogP contribution in [0.5, 0.6) is 0 Å². The fraction of sp³-hybridized carbons (Fsp3) is 0.0556. The molecule has 0 unspecified atom stereocenters. The molecule has 1 N–H and O–H groups in total. The van der Waals surface area contributed by atoms with Crippen LogP contribution in [-0.2, 0) is 9.84 Å². The zero-order chi connectivity index (χ0) is 20.5. The number of carbonyl (C=O) groups is 1. The summed E-state index contributed by atoms with van der Waals surface area (Å²) < 4.78 is 25.2. The molecular weight excluding hydrogens is 406 g/mol. The van der Waals surface area contributed by atoms with Gasteiger partial charge in [0.1, 0.15) is 4.90 Å². The van der Waals surface area contributed by atoms with Crippen LogP contribution in [0.2, 0.25) is 5.02 Å². The van der Waals surface area contributed by atoms with Crippen LogP contribution in [0.1, 0.15) is 10.4 Å². The van der Waals surface area contributed by atoms with Crippen LogP contribution in [0, 0.1) is 10.1 Å². The normalized spacial score (nSPS) is 11.2. The van der Waals surface area contributed by atoms with Gasteiger partial charge in [-0.25, -0.2) is 8.42 Å². The Morgan fingerprint density at radius 3 is 2.43 bits per heavy atom. The van der Waals surface area contributed by atoms with Crippen molar-refractivity contribution in [1.82, 2.24) is 4.57 Å². The second-order valence-corrected chi connectivity index (χ2v) is 8.34. The van der Waals surface area contributed by atoms with Crippen LogP contribution in [0.15, 0.2) is 65.8 Å². The third-order valence-corrected chi connectivity index (χ3v) is 5.29. The minimum Gasteiger partial charge on any atom is -0.322 e. The molecule has 144 valence electrons. The maximum absolute atomic E-state index is 12.6. The van der Waals surface area contributed by atoms with Crippen molar-refractivity contribution in [2.75, 3.05) is 11.6 Å². The van der Waals surface area contributed by atoms with Crippen molar-refractivity contribution in [3.05, 3.63) is 81.6 Å². The summed E-state index contributed by atoms with van der Waals surface area (Å²) in [4.78, 5) is 22.6. The number of nitrogens with one attached hydrogen (secondary N) is 1. The molecule has 0 fully saturated rings. The van der Waals surface area contributed by atoms with Gasteiger partial charge in [0.25, 0.3) is 11.6 Å². The number of nitrogens with zero attached hydrogens (tertiary/aromatic N) is 2. The Hall–Kier alpha value is -3.17. The van der Waals surface area contributed by atoms with Crippen molar-refractivity contribution >= 4 is 38.7 Å². The molecule has 0 aliphatic heterocycles. The molecule has 3 aromatic rings. The molecule has 0 spiro atoms. The molecule has 0 saturated carbocycles. The first-order chi connectivity index (χ1) is 13.2. The standard InChI is InChI=1S/C18H14ClN3O5S/c1-28(26,27)17-7-4-12(10-16(17)22(24)25)18(23)20-14-6-5-13(19)11-15(14)21-8-2-3-9-21/h2-11H,1H3,(H,20,23). The van der Waals surface area contributed by atoms with E-state index in [-0.39, 0.29) is 5.56 Å². The Balaban J connectivity index is 1.99. The highest BCUT2D eigenvalue weighted by atomic mass is 35.5. The molecule has 10 heteroatoms. The number of carbonyl (C=O) groups excluding carboxylic acids is 1. The van der Waals surface area contributed by atoms with Crippen molar-refractivity contribution < 1.29 is 18.1 Å². The predicted octanol–water partition coefficient (Wildman–Crippen LogP) is 3.69. The number of rotatable bonds is 5. The lowest BCUT2D eigenvalue weighted by Crippen LogP contribution is -2.14. The fourth-order valence-electron chi connectivity index (χ4n) is 2.63. The van der Waals surface area contributed by atoms with Gasteiger partial charge in [-0.1, -0.05) is 11.6 Å². The van der Waals surface area contributed by atoms with E-state index in [0.717, 1.165) is 18.4 Å². The monoisotopic (exact) mass is 419 g/mol. The highest BCUT2D eigenvalue weighted by Gasteiger charge is 2.24. The summed E-state index contributed by atoms with van der Waals surface area (Å²) in [7, 11) is -3.81. The van der Waals surface area contributed by atoms with Crippen molar-refractivity contribution in [1.29, 1.82) is 0 Å². The predicted molar refractivity (Wildman–Crippen MR) is 105 cm³/mol. The van der Waals surface area contributed by atoms with E-state index in [1.807, 2.05) is 0 Å². The van der Waals surface area contributed by atoms with Gasteiger partial charge in [0.15, 0.2) is 9.84 Å². The molecule has 1 heterocycles. The molecule has 0 aliphatic rings. The van der Waals surface area contributed by atoms with Crippen LogP contribution in [0.25, 0.3) is 5.69 Å². The van der Waals surface area contributed by atoms with Gasteiger partial charge in [0.2, 0.25) is 0 Å². The van der Waals surface area contributed by atoms with Gasteiger partial charge in [0.05, 0.1) is 16.3 Å². The minimum atomic E-state index is -3.81. The fourth-order valence-corrected chi connectivity index (χ4v) is 3.62. The topological polar surface area (TPSA) is 111 Å². The highest BCUT2D eigenvalue weighted by Crippen LogP contribution is 2.28. The molecule has 1 amide bonds. The van der Waals surface area contributed by atoms with E-state index in [9.17, 15) is 23.3 Å². The average molecular weight is 420 g/mol. The van der Waals surface area contributed by atoms with E-state index < -0.39 is 31.3 Å². The first-order valence-corrected chi connectivity index (χ1v) is 10.2. The SMILES string of the molecule is CS(=O)(=O)c1ccc(C(=O)Nc2ccc(Cl)cc2-n2cccc2)cc1[N+](=O)[O-]. The van der Waals surface area contributed by atoms with Gasteiger partial charge in [-0.15, -0.1) is 0 Å². The zero-order valence-electron chi connectivity index (χ0n) is 14.5. The number of halogens is 1. The lowest BCUT2D eigenvalue weighted by Gasteiger charge is -2.13. The molecular formula is C18H14ClN3O5S. The summed E-state index contributed by atoms with van der Waals surface area (Å²) in [5.74, 6) is -0.626. The first kappa shape index (κ1) is 19.6. The quantitative estimate of drug-likeness (QED) is 0.500. The smallest absolute Gasteiger partial charge is 0.288 e. The lowest BCUT2D eigenvalue weighted by molar-refractivity contribution is -0.387. The summed E-state index contributed by atoms with van der Waals surface area (Å²) in [6, 6.07) is 11.7. The Morgan fingerprint density at radius 2 is 1.82 bits per heavy atom. The summed E-state index contributed by atoms with van der Waals surface area (Å²) in [5, 5.41) is 14.4. The maximum Gasteiger partial charge on any atom is 0.288 e. The molecule has 28 heavy (non-hydrogen) atoms. The third-order valence-electron chi connectivity index (χ3n) is 3.91. The Bertz CT molecular complexity index is 1170. The number of hydrogen-bond acceptors (Lipinski definition) is 5. The van der Waals surface area contributed by atoms with Gasteiger partial charge in [-0.3, -0.25) is 14.9 Å². The number of aromatic nitrogens is 1. The van der Waals surface area contributed by atoms with E-state index in [4.69, 9.17) is 11.6 Å². The summed E-state index contributed by atoms with van der Waals surface area (Å²) in [5.41, 5.74) is 0.331. The lowest BCUT2D eigenvalue weighted by atomic mass is 10.1. The van der Waals surface area contributed by atoms with Crippen LogP contribution < -0.4 is 5.32 Å². The van der Waals surface area contributed by atoms with Crippen molar-refractivity contribution in [3.8, 4) is 5.69 Å². The van der Waals surface area contributed by atoms with Crippen LogP contribution in [0.3, 0.4) is 0 Å². The molecule has 0 bridgehead atoms. The maximum atomic E-state index is 12.6. The van der Waals surface area contributed by atoms with Crippen molar-refractivity contribution in [2.45, 2.75) is 4.90 Å². The number of anilines is 1. The van der Waals surface area contributed by atoms with E-state index in [0.29, 0.717) is 16.4 Å². The number of hydrogen-bond donors (Lipinski definition) is 1. The number of amides is 1. The van der Waals surface area contributed by atoms with E-state index in [2.05, 4.69) is 5.32 Å². The van der Waals surface area contributed by atoms with Gasteiger partial charge < -0.3 is 9.88 Å². The minimum absolute atomic E-state index is 0.0486. The molecule has 1 aromatic heterocycles. The Labute approximate surface area is 165 Å². The third kappa shape index (κ3) is 4.05. The molecule has 0 aliphatic carbocycles. The van der Waals surface area contributed by atoms with Crippen LogP contribution >= 0.6 is 11.6 Å². The molecule has 0 atom stereocenters. The number of benzene rings is 2. The van der Waals surface area contributed by atoms with E-state index in [1.165, 1.54) is 6.07 Å².